The van der Waals surface area contributed by atoms with Gasteiger partial charge < -0.3 is 9.88 Å². The Balaban J connectivity index is 1.84. The zero-order valence-electron chi connectivity index (χ0n) is 11.6. The maximum absolute atomic E-state index is 14.1. The van der Waals surface area contributed by atoms with E-state index in [1.807, 2.05) is 24.6 Å². The van der Waals surface area contributed by atoms with E-state index in [0.29, 0.717) is 22.6 Å². The van der Waals surface area contributed by atoms with Crippen LogP contribution >= 0.6 is 11.8 Å². The van der Waals surface area contributed by atoms with Crippen molar-refractivity contribution in [3.8, 4) is 0 Å². The van der Waals surface area contributed by atoms with E-state index >= 15 is 0 Å². The fraction of sp³-hybridized carbons (Fsp3) is 0.429. The first-order chi connectivity index (χ1) is 9.65. The standard InChI is InChI=1S/C14H17FN4S/c1-9-17-18-14(19(9)2)20-13-10(4-3-5-12(13)15)8-16-11-6-7-11/h3-5,11,16H,6-8H2,1-2H3. The van der Waals surface area contributed by atoms with E-state index in [0.717, 1.165) is 11.4 Å². The Kier molecular flexibility index (Phi) is 3.76. The number of aryl methyl sites for hydroxylation is 1. The molecule has 6 heteroatoms. The Morgan fingerprint density at radius 3 is 2.85 bits per heavy atom. The quantitative estimate of drug-likeness (QED) is 0.920. The molecule has 1 heterocycles. The zero-order valence-corrected chi connectivity index (χ0v) is 12.4. The number of aromatic nitrogens is 3. The highest BCUT2D eigenvalue weighted by molar-refractivity contribution is 7.99. The van der Waals surface area contributed by atoms with E-state index in [4.69, 9.17) is 0 Å². The van der Waals surface area contributed by atoms with Crippen LogP contribution in [0.1, 0.15) is 24.2 Å². The molecule has 0 unspecified atom stereocenters. The van der Waals surface area contributed by atoms with Gasteiger partial charge in [0.25, 0.3) is 0 Å². The first-order valence-corrected chi connectivity index (χ1v) is 7.51. The van der Waals surface area contributed by atoms with Crippen molar-refractivity contribution in [1.29, 1.82) is 0 Å². The van der Waals surface area contributed by atoms with Crippen molar-refractivity contribution in [2.45, 2.75) is 42.4 Å². The normalized spacial score (nSPS) is 14.8. The molecule has 0 radical (unpaired) electrons. The highest BCUT2D eigenvalue weighted by Crippen LogP contribution is 2.32. The fourth-order valence-electron chi connectivity index (χ4n) is 1.92. The predicted molar refractivity (Wildman–Crippen MR) is 76.1 cm³/mol. The monoisotopic (exact) mass is 292 g/mol. The molecule has 2 aromatic rings. The van der Waals surface area contributed by atoms with Crippen molar-refractivity contribution in [2.75, 3.05) is 0 Å². The summed E-state index contributed by atoms with van der Waals surface area (Å²) in [6, 6.07) is 5.81. The smallest absolute Gasteiger partial charge is 0.195 e. The van der Waals surface area contributed by atoms with Gasteiger partial charge in [-0.05, 0) is 43.2 Å². The van der Waals surface area contributed by atoms with Gasteiger partial charge >= 0.3 is 0 Å². The van der Waals surface area contributed by atoms with Gasteiger partial charge in [-0.1, -0.05) is 12.1 Å². The lowest BCUT2D eigenvalue weighted by Gasteiger charge is -2.10. The van der Waals surface area contributed by atoms with Crippen LogP contribution in [0.4, 0.5) is 4.39 Å². The van der Waals surface area contributed by atoms with Gasteiger partial charge in [0.15, 0.2) is 5.16 Å². The number of rotatable bonds is 5. The van der Waals surface area contributed by atoms with Gasteiger partial charge in [-0.2, -0.15) is 0 Å². The average molecular weight is 292 g/mol. The predicted octanol–water partition coefficient (Wildman–Crippen LogP) is 2.67. The Morgan fingerprint density at radius 1 is 1.40 bits per heavy atom. The van der Waals surface area contributed by atoms with Crippen LogP contribution in [-0.2, 0) is 13.6 Å². The maximum atomic E-state index is 14.1. The molecule has 20 heavy (non-hydrogen) atoms. The first-order valence-electron chi connectivity index (χ1n) is 6.70. The van der Waals surface area contributed by atoms with Crippen molar-refractivity contribution in [1.82, 2.24) is 20.1 Å². The van der Waals surface area contributed by atoms with Gasteiger partial charge in [0.2, 0.25) is 0 Å². The Hall–Kier alpha value is -1.40. The molecule has 0 aliphatic heterocycles. The molecule has 1 N–H and O–H groups in total. The van der Waals surface area contributed by atoms with E-state index in [2.05, 4.69) is 15.5 Å². The number of nitrogens with one attached hydrogen (secondary N) is 1. The van der Waals surface area contributed by atoms with E-state index < -0.39 is 0 Å². The number of hydrogen-bond acceptors (Lipinski definition) is 4. The molecule has 3 rings (SSSR count). The second kappa shape index (κ2) is 5.54. The third-order valence-corrected chi connectivity index (χ3v) is 4.65. The fourth-order valence-corrected chi connectivity index (χ4v) is 2.89. The zero-order chi connectivity index (χ0) is 14.1. The topological polar surface area (TPSA) is 42.7 Å². The Bertz CT molecular complexity index is 622. The molecule has 106 valence electrons. The van der Waals surface area contributed by atoms with Crippen LogP contribution in [0.2, 0.25) is 0 Å². The van der Waals surface area contributed by atoms with Crippen LogP contribution in [0, 0.1) is 12.7 Å². The molecule has 1 aliphatic carbocycles. The van der Waals surface area contributed by atoms with E-state index in [1.54, 1.807) is 6.07 Å². The van der Waals surface area contributed by atoms with Crippen LogP contribution in [0.5, 0.6) is 0 Å². The minimum absolute atomic E-state index is 0.203. The first kappa shape index (κ1) is 13.6. The minimum Gasteiger partial charge on any atom is -0.310 e. The second-order valence-corrected chi connectivity index (χ2v) is 6.05. The van der Waals surface area contributed by atoms with Gasteiger partial charge in [0.1, 0.15) is 11.6 Å². The number of hydrogen-bond donors (Lipinski definition) is 1. The van der Waals surface area contributed by atoms with Crippen LogP contribution < -0.4 is 5.32 Å². The molecule has 0 bridgehead atoms. The SMILES string of the molecule is Cc1nnc(Sc2c(F)cccc2CNC2CC2)n1C. The summed E-state index contributed by atoms with van der Waals surface area (Å²) >= 11 is 1.33. The summed E-state index contributed by atoms with van der Waals surface area (Å²) in [5.74, 6) is 0.618. The summed E-state index contributed by atoms with van der Waals surface area (Å²) in [6.45, 7) is 2.58. The molecule has 1 aromatic heterocycles. The Labute approximate surface area is 121 Å². The summed E-state index contributed by atoms with van der Waals surface area (Å²) in [6.07, 6.45) is 2.44. The molecule has 0 amide bonds. The minimum atomic E-state index is -0.203. The molecular formula is C14H17FN4S. The van der Waals surface area contributed by atoms with Gasteiger partial charge in [-0.25, -0.2) is 4.39 Å². The van der Waals surface area contributed by atoms with Crippen LogP contribution in [0.15, 0.2) is 28.3 Å². The van der Waals surface area contributed by atoms with Crippen molar-refractivity contribution >= 4 is 11.8 Å². The number of nitrogens with zero attached hydrogens (tertiary/aromatic N) is 3. The summed E-state index contributed by atoms with van der Waals surface area (Å²) in [7, 11) is 1.89. The molecule has 0 saturated heterocycles. The van der Waals surface area contributed by atoms with Gasteiger partial charge in [0, 0.05) is 19.6 Å². The van der Waals surface area contributed by atoms with Crippen LogP contribution in [-0.4, -0.2) is 20.8 Å². The number of halogens is 1. The molecule has 0 atom stereocenters. The molecule has 4 nitrogen and oxygen atoms in total. The third kappa shape index (κ3) is 2.86. The summed E-state index contributed by atoms with van der Waals surface area (Å²) < 4.78 is 16.0. The summed E-state index contributed by atoms with van der Waals surface area (Å²) in [5, 5.41) is 12.2. The molecule has 1 saturated carbocycles. The molecule has 1 aliphatic rings. The van der Waals surface area contributed by atoms with Crippen molar-refractivity contribution in [3.05, 3.63) is 35.4 Å². The molecule has 0 spiro atoms. The van der Waals surface area contributed by atoms with E-state index in [-0.39, 0.29) is 5.82 Å². The van der Waals surface area contributed by atoms with Gasteiger partial charge in [-0.3, -0.25) is 0 Å². The lowest BCUT2D eigenvalue weighted by atomic mass is 10.2. The lowest BCUT2D eigenvalue weighted by Crippen LogP contribution is -2.16. The lowest BCUT2D eigenvalue weighted by molar-refractivity contribution is 0.588. The largest absolute Gasteiger partial charge is 0.310 e. The summed E-state index contributed by atoms with van der Waals surface area (Å²) in [5.41, 5.74) is 0.975. The average Bonchev–Trinajstić information content (AvgIpc) is 3.21. The highest BCUT2D eigenvalue weighted by Gasteiger charge is 2.21. The van der Waals surface area contributed by atoms with Crippen LogP contribution in [0.3, 0.4) is 0 Å². The van der Waals surface area contributed by atoms with E-state index in [1.165, 1.54) is 30.7 Å². The van der Waals surface area contributed by atoms with Gasteiger partial charge in [0.05, 0.1) is 4.90 Å². The van der Waals surface area contributed by atoms with Crippen molar-refractivity contribution < 1.29 is 4.39 Å². The second-order valence-electron chi connectivity index (χ2n) is 5.07. The molecule has 1 fully saturated rings. The van der Waals surface area contributed by atoms with E-state index in [9.17, 15) is 4.39 Å². The van der Waals surface area contributed by atoms with Gasteiger partial charge in [-0.15, -0.1) is 10.2 Å². The van der Waals surface area contributed by atoms with Crippen LogP contribution in [0.25, 0.3) is 0 Å². The maximum Gasteiger partial charge on any atom is 0.195 e. The number of benzene rings is 1. The van der Waals surface area contributed by atoms with Crippen molar-refractivity contribution in [3.63, 3.8) is 0 Å². The third-order valence-electron chi connectivity index (χ3n) is 3.45. The van der Waals surface area contributed by atoms with Crippen molar-refractivity contribution in [2.24, 2.45) is 7.05 Å². The highest BCUT2D eigenvalue weighted by atomic mass is 32.2. The molecular weight excluding hydrogens is 275 g/mol. The summed E-state index contributed by atoms with van der Waals surface area (Å²) in [4.78, 5) is 0.635. The Morgan fingerprint density at radius 2 is 2.20 bits per heavy atom. The molecule has 1 aromatic carbocycles.